The molecule has 0 bridgehead atoms. The van der Waals surface area contributed by atoms with Crippen molar-refractivity contribution in [3.63, 3.8) is 0 Å². The maximum Gasteiger partial charge on any atom is 0.225 e. The molecule has 0 radical (unpaired) electrons. The van der Waals surface area contributed by atoms with E-state index in [1.165, 1.54) is 0 Å². The van der Waals surface area contributed by atoms with Gasteiger partial charge in [0.1, 0.15) is 11.4 Å². The normalized spacial score (nSPS) is 19.9. The molecule has 0 saturated carbocycles. The molecule has 2 aromatic carbocycles. The second kappa shape index (κ2) is 8.11. The number of halogens is 1. The van der Waals surface area contributed by atoms with Gasteiger partial charge in [-0.2, -0.15) is 0 Å². The first-order valence-corrected chi connectivity index (χ1v) is 8.76. The largest absolute Gasteiger partial charge is 0.487 e. The first-order chi connectivity index (χ1) is 11.9. The number of carbonyl (C=O) groups is 1. The number of hydrogen-bond acceptors (Lipinski definition) is 3. The average molecular weight is 375 g/mol. The van der Waals surface area contributed by atoms with Crippen molar-refractivity contribution in [3.05, 3.63) is 65.7 Å². The van der Waals surface area contributed by atoms with Gasteiger partial charge in [-0.05, 0) is 25.5 Å². The second-order valence-corrected chi connectivity index (χ2v) is 7.39. The lowest BCUT2D eigenvalue weighted by atomic mass is 9.88. The van der Waals surface area contributed by atoms with Crippen LogP contribution in [0.2, 0.25) is 0 Å². The predicted molar refractivity (Wildman–Crippen MR) is 106 cm³/mol. The van der Waals surface area contributed by atoms with Crippen molar-refractivity contribution >= 4 is 18.3 Å². The van der Waals surface area contributed by atoms with Crippen LogP contribution in [0.3, 0.4) is 0 Å². The number of rotatable bonds is 4. The smallest absolute Gasteiger partial charge is 0.225 e. The minimum atomic E-state index is -0.329. The lowest BCUT2D eigenvalue weighted by molar-refractivity contribution is -0.126. The van der Waals surface area contributed by atoms with E-state index in [0.29, 0.717) is 0 Å². The van der Waals surface area contributed by atoms with Gasteiger partial charge in [0.2, 0.25) is 5.91 Å². The van der Waals surface area contributed by atoms with E-state index in [2.05, 4.69) is 5.32 Å². The van der Waals surface area contributed by atoms with Gasteiger partial charge in [0.15, 0.2) is 0 Å². The molecule has 3 unspecified atom stereocenters. The Morgan fingerprint density at radius 2 is 1.77 bits per heavy atom. The number of ether oxygens (including phenoxy) is 1. The molecule has 3 rings (SSSR count). The Kier molecular flexibility index (Phi) is 6.32. The van der Waals surface area contributed by atoms with Crippen LogP contribution in [0, 0.1) is 5.92 Å². The first-order valence-electron chi connectivity index (χ1n) is 8.76. The molecule has 26 heavy (non-hydrogen) atoms. The van der Waals surface area contributed by atoms with Crippen molar-refractivity contribution in [1.82, 2.24) is 5.32 Å². The van der Waals surface area contributed by atoms with Gasteiger partial charge >= 0.3 is 0 Å². The number of nitrogens with two attached hydrogens (primary N) is 1. The van der Waals surface area contributed by atoms with E-state index in [0.717, 1.165) is 23.3 Å². The Morgan fingerprint density at radius 3 is 2.46 bits per heavy atom. The highest BCUT2D eigenvalue weighted by molar-refractivity contribution is 5.85. The Morgan fingerprint density at radius 1 is 1.15 bits per heavy atom. The highest BCUT2D eigenvalue weighted by Gasteiger charge is 2.35. The summed E-state index contributed by atoms with van der Waals surface area (Å²) >= 11 is 0. The molecule has 4 nitrogen and oxygen atoms in total. The van der Waals surface area contributed by atoms with Crippen molar-refractivity contribution in [3.8, 4) is 5.75 Å². The summed E-state index contributed by atoms with van der Waals surface area (Å²) in [7, 11) is 0. The summed E-state index contributed by atoms with van der Waals surface area (Å²) in [5.41, 5.74) is 7.98. The second-order valence-electron chi connectivity index (χ2n) is 7.39. The summed E-state index contributed by atoms with van der Waals surface area (Å²) in [5, 5.41) is 3.18. The van der Waals surface area contributed by atoms with Gasteiger partial charge in [-0.15, -0.1) is 12.4 Å². The standard InChI is InChI=1S/C21H26N2O2.ClH/c1-14(19(22)15-9-5-4-6-10-15)20(24)23-17-13-21(2,3)25-18-12-8-7-11-16(17)18;/h4-12,14,17,19H,13,22H2,1-3H3,(H,23,24);1H. The first kappa shape index (κ1) is 20.3. The summed E-state index contributed by atoms with van der Waals surface area (Å²) in [5.74, 6) is 0.485. The van der Waals surface area contributed by atoms with Gasteiger partial charge < -0.3 is 15.8 Å². The molecule has 1 heterocycles. The molecule has 0 saturated heterocycles. The van der Waals surface area contributed by atoms with E-state index in [1.807, 2.05) is 75.4 Å². The molecule has 5 heteroatoms. The van der Waals surface area contributed by atoms with Gasteiger partial charge in [0, 0.05) is 18.0 Å². The zero-order valence-electron chi connectivity index (χ0n) is 15.4. The Hall–Kier alpha value is -2.04. The molecule has 0 aromatic heterocycles. The van der Waals surface area contributed by atoms with E-state index in [-0.39, 0.29) is 41.9 Å². The van der Waals surface area contributed by atoms with E-state index in [4.69, 9.17) is 10.5 Å². The van der Waals surface area contributed by atoms with Crippen LogP contribution < -0.4 is 15.8 Å². The van der Waals surface area contributed by atoms with Gasteiger partial charge in [-0.3, -0.25) is 4.79 Å². The lowest BCUT2D eigenvalue weighted by Gasteiger charge is -2.38. The predicted octanol–water partition coefficient (Wildman–Crippen LogP) is 4.16. The van der Waals surface area contributed by atoms with E-state index in [1.54, 1.807) is 0 Å². The van der Waals surface area contributed by atoms with Crippen LogP contribution in [0.25, 0.3) is 0 Å². The Labute approximate surface area is 161 Å². The van der Waals surface area contributed by atoms with Crippen molar-refractivity contribution in [2.75, 3.05) is 0 Å². The third-order valence-corrected chi connectivity index (χ3v) is 4.83. The topological polar surface area (TPSA) is 64.3 Å². The number of hydrogen-bond donors (Lipinski definition) is 2. The minimum Gasteiger partial charge on any atom is -0.487 e. The fraction of sp³-hybridized carbons (Fsp3) is 0.381. The molecule has 140 valence electrons. The fourth-order valence-corrected chi connectivity index (χ4v) is 3.36. The number of carbonyl (C=O) groups excluding carboxylic acids is 1. The van der Waals surface area contributed by atoms with Crippen molar-refractivity contribution in [2.24, 2.45) is 11.7 Å². The van der Waals surface area contributed by atoms with Crippen LogP contribution in [0.15, 0.2) is 54.6 Å². The third kappa shape index (κ3) is 4.37. The summed E-state index contributed by atoms with van der Waals surface area (Å²) in [6.07, 6.45) is 0.725. The number of fused-ring (bicyclic) bond motifs is 1. The molecular formula is C21H27ClN2O2. The van der Waals surface area contributed by atoms with Crippen LogP contribution in [0.1, 0.15) is 50.4 Å². The molecule has 1 aliphatic heterocycles. The van der Waals surface area contributed by atoms with Crippen LogP contribution in [0.4, 0.5) is 0 Å². The van der Waals surface area contributed by atoms with Crippen LogP contribution in [-0.2, 0) is 4.79 Å². The molecular weight excluding hydrogens is 348 g/mol. The van der Waals surface area contributed by atoms with Crippen LogP contribution in [0.5, 0.6) is 5.75 Å². The maximum atomic E-state index is 12.8. The zero-order valence-corrected chi connectivity index (χ0v) is 16.3. The molecule has 0 fully saturated rings. The van der Waals surface area contributed by atoms with Crippen LogP contribution >= 0.6 is 12.4 Å². The van der Waals surface area contributed by atoms with E-state index in [9.17, 15) is 4.79 Å². The molecule has 3 atom stereocenters. The highest BCUT2D eigenvalue weighted by atomic mass is 35.5. The average Bonchev–Trinajstić information content (AvgIpc) is 2.60. The SMILES string of the molecule is CC(C(=O)NC1CC(C)(C)Oc2ccccc21)C(N)c1ccccc1.Cl. The third-order valence-electron chi connectivity index (χ3n) is 4.83. The quantitative estimate of drug-likeness (QED) is 0.844. The molecule has 1 aliphatic rings. The summed E-state index contributed by atoms with van der Waals surface area (Å²) in [6.45, 7) is 5.96. The van der Waals surface area contributed by atoms with Crippen molar-refractivity contribution in [2.45, 2.75) is 44.9 Å². The Bertz CT molecular complexity index is 749. The lowest BCUT2D eigenvalue weighted by Crippen LogP contribution is -2.44. The minimum absolute atomic E-state index is 0. The Balaban J connectivity index is 0.00000243. The van der Waals surface area contributed by atoms with Gasteiger partial charge in [-0.25, -0.2) is 0 Å². The number of nitrogens with one attached hydrogen (secondary N) is 1. The number of benzene rings is 2. The van der Waals surface area contributed by atoms with Crippen LogP contribution in [-0.4, -0.2) is 11.5 Å². The zero-order chi connectivity index (χ0) is 18.0. The van der Waals surface area contributed by atoms with Gasteiger partial charge in [0.25, 0.3) is 0 Å². The van der Waals surface area contributed by atoms with Crippen molar-refractivity contribution < 1.29 is 9.53 Å². The molecule has 2 aromatic rings. The molecule has 0 spiro atoms. The molecule has 1 amide bonds. The summed E-state index contributed by atoms with van der Waals surface area (Å²) in [4.78, 5) is 12.8. The summed E-state index contributed by atoms with van der Waals surface area (Å²) < 4.78 is 6.03. The monoisotopic (exact) mass is 374 g/mol. The van der Waals surface area contributed by atoms with E-state index < -0.39 is 0 Å². The number of para-hydroxylation sites is 1. The highest BCUT2D eigenvalue weighted by Crippen LogP contribution is 2.39. The van der Waals surface area contributed by atoms with Gasteiger partial charge in [-0.1, -0.05) is 55.5 Å². The summed E-state index contributed by atoms with van der Waals surface area (Å²) in [6, 6.07) is 17.2. The van der Waals surface area contributed by atoms with Crippen molar-refractivity contribution in [1.29, 1.82) is 0 Å². The van der Waals surface area contributed by atoms with E-state index >= 15 is 0 Å². The maximum absolute atomic E-state index is 12.8. The molecule has 3 N–H and O–H groups in total. The fourth-order valence-electron chi connectivity index (χ4n) is 3.36. The number of amides is 1. The molecule has 0 aliphatic carbocycles. The van der Waals surface area contributed by atoms with Gasteiger partial charge in [0.05, 0.1) is 12.0 Å².